The number of amides is 3. The van der Waals surface area contributed by atoms with Gasteiger partial charge in [-0.25, -0.2) is 17.9 Å². The minimum Gasteiger partial charge on any atom is -0.445 e. The summed E-state index contributed by atoms with van der Waals surface area (Å²) in [4.78, 5) is 39.0. The van der Waals surface area contributed by atoms with Gasteiger partial charge in [-0.1, -0.05) is 92.7 Å². The van der Waals surface area contributed by atoms with Crippen molar-refractivity contribution in [3.8, 4) is 0 Å². The second-order valence-electron chi connectivity index (χ2n) is 10.6. The molecule has 0 saturated heterocycles. The number of nitrogens with one attached hydrogen (secondary N) is 4. The number of carbonyl (C=O) groups is 3. The van der Waals surface area contributed by atoms with Crippen LogP contribution in [-0.4, -0.2) is 62.7 Å². The Morgan fingerprint density at radius 1 is 0.773 bits per heavy atom. The SMILES string of the molecule is CC(C)C[C@H](NC(=O)OCc1ccccc1)C(=O)N[C@@H](Cc1ccccc1)C(O)C(=O)NCCNS(=O)(=O)c1ccccc1. The van der Waals surface area contributed by atoms with Crippen molar-refractivity contribution in [1.82, 2.24) is 20.7 Å². The van der Waals surface area contributed by atoms with Crippen molar-refractivity contribution in [2.24, 2.45) is 5.92 Å². The molecule has 3 amide bonds. The summed E-state index contributed by atoms with van der Waals surface area (Å²) in [7, 11) is -3.77. The van der Waals surface area contributed by atoms with Crippen LogP contribution in [0.1, 0.15) is 31.4 Å². The Bertz CT molecular complexity index is 1440. The van der Waals surface area contributed by atoms with E-state index in [1.165, 1.54) is 12.1 Å². The molecule has 0 aromatic heterocycles. The highest BCUT2D eigenvalue weighted by Crippen LogP contribution is 2.11. The fourth-order valence-electron chi connectivity index (χ4n) is 4.34. The van der Waals surface area contributed by atoms with Crippen LogP contribution in [-0.2, 0) is 37.4 Å². The summed E-state index contributed by atoms with van der Waals surface area (Å²) in [6, 6.07) is 23.9. The molecule has 0 aliphatic heterocycles. The number of hydrogen-bond acceptors (Lipinski definition) is 7. The summed E-state index contributed by atoms with van der Waals surface area (Å²) >= 11 is 0. The summed E-state index contributed by atoms with van der Waals surface area (Å²) in [6.07, 6.45) is -2.04. The van der Waals surface area contributed by atoms with Gasteiger partial charge in [0.25, 0.3) is 5.91 Å². The zero-order chi connectivity index (χ0) is 32.0. The molecule has 0 aliphatic carbocycles. The number of rotatable bonds is 16. The number of aliphatic hydroxyl groups excluding tert-OH is 1. The molecule has 3 aromatic carbocycles. The lowest BCUT2D eigenvalue weighted by atomic mass is 9.98. The van der Waals surface area contributed by atoms with Crippen LogP contribution in [0.25, 0.3) is 0 Å². The van der Waals surface area contributed by atoms with Gasteiger partial charge in [0.05, 0.1) is 10.9 Å². The molecule has 1 unspecified atom stereocenters. The molecule has 0 fully saturated rings. The molecule has 11 nitrogen and oxygen atoms in total. The van der Waals surface area contributed by atoms with Gasteiger partial charge in [0.2, 0.25) is 15.9 Å². The first-order chi connectivity index (χ1) is 21.0. The van der Waals surface area contributed by atoms with Crippen LogP contribution < -0.4 is 20.7 Å². The third-order valence-electron chi connectivity index (χ3n) is 6.57. The Morgan fingerprint density at radius 2 is 1.34 bits per heavy atom. The number of sulfonamides is 1. The van der Waals surface area contributed by atoms with E-state index in [9.17, 15) is 27.9 Å². The fourth-order valence-corrected chi connectivity index (χ4v) is 5.40. The molecular weight excluding hydrogens is 584 g/mol. The Morgan fingerprint density at radius 3 is 1.93 bits per heavy atom. The number of aliphatic hydroxyl groups is 1. The molecule has 0 aliphatic rings. The molecule has 0 saturated carbocycles. The van der Waals surface area contributed by atoms with E-state index < -0.39 is 46.1 Å². The summed E-state index contributed by atoms with van der Waals surface area (Å²) in [5, 5.41) is 18.9. The molecule has 0 heterocycles. The zero-order valence-electron chi connectivity index (χ0n) is 24.8. The van der Waals surface area contributed by atoms with Crippen molar-refractivity contribution >= 4 is 27.9 Å². The maximum Gasteiger partial charge on any atom is 0.408 e. The average Bonchev–Trinajstić information content (AvgIpc) is 3.02. The van der Waals surface area contributed by atoms with Crippen molar-refractivity contribution in [1.29, 1.82) is 0 Å². The Kier molecular flexibility index (Phi) is 13.3. The van der Waals surface area contributed by atoms with Gasteiger partial charge in [-0.3, -0.25) is 9.59 Å². The van der Waals surface area contributed by atoms with Crippen LogP contribution in [0.3, 0.4) is 0 Å². The van der Waals surface area contributed by atoms with Gasteiger partial charge >= 0.3 is 6.09 Å². The maximum atomic E-state index is 13.4. The monoisotopic (exact) mass is 624 g/mol. The summed E-state index contributed by atoms with van der Waals surface area (Å²) in [5.41, 5.74) is 1.55. The minimum absolute atomic E-state index is 0.0275. The van der Waals surface area contributed by atoms with E-state index in [0.717, 1.165) is 11.1 Å². The van der Waals surface area contributed by atoms with E-state index in [0.29, 0.717) is 0 Å². The Balaban J connectivity index is 1.63. The number of alkyl carbamates (subject to hydrolysis) is 1. The standard InChI is InChI=1S/C32H40N4O7S/c1-23(2)20-28(36-32(40)43-22-25-14-8-4-9-15-25)30(38)35-27(21-24-12-6-3-7-13-24)29(37)31(39)33-18-19-34-44(41,42)26-16-10-5-11-17-26/h3-17,23,27-29,34,37H,18-22H2,1-2H3,(H,33,39)(H,35,38)(H,36,40)/t27-,28-,29?/m0/s1. The molecule has 5 N–H and O–H groups in total. The predicted octanol–water partition coefficient (Wildman–Crippen LogP) is 2.51. The normalized spacial score (nSPS) is 13.4. The average molecular weight is 625 g/mol. The third-order valence-corrected chi connectivity index (χ3v) is 8.05. The second-order valence-corrected chi connectivity index (χ2v) is 12.4. The summed E-state index contributed by atoms with van der Waals surface area (Å²) < 4.78 is 32.5. The van der Waals surface area contributed by atoms with Crippen molar-refractivity contribution in [3.05, 3.63) is 102 Å². The zero-order valence-corrected chi connectivity index (χ0v) is 25.6. The smallest absolute Gasteiger partial charge is 0.408 e. The van der Waals surface area contributed by atoms with E-state index >= 15 is 0 Å². The molecule has 0 radical (unpaired) electrons. The molecule has 236 valence electrons. The Hall–Kier alpha value is -4.26. The van der Waals surface area contributed by atoms with Gasteiger partial charge in [-0.05, 0) is 42.0 Å². The molecule has 3 aromatic rings. The first-order valence-corrected chi connectivity index (χ1v) is 15.9. The molecule has 0 spiro atoms. The van der Waals surface area contributed by atoms with E-state index in [4.69, 9.17) is 4.74 Å². The number of benzene rings is 3. The van der Waals surface area contributed by atoms with Crippen LogP contribution in [0.4, 0.5) is 4.79 Å². The third kappa shape index (κ3) is 11.4. The van der Waals surface area contributed by atoms with E-state index in [1.54, 1.807) is 42.5 Å². The lowest BCUT2D eigenvalue weighted by Crippen LogP contribution is -2.56. The van der Waals surface area contributed by atoms with Gasteiger partial charge in [0, 0.05) is 13.1 Å². The lowest BCUT2D eigenvalue weighted by molar-refractivity contribution is -0.132. The minimum atomic E-state index is -3.77. The fraction of sp³-hybridized carbons (Fsp3) is 0.344. The maximum absolute atomic E-state index is 13.4. The highest BCUT2D eigenvalue weighted by atomic mass is 32.2. The van der Waals surface area contributed by atoms with Crippen molar-refractivity contribution < 1.29 is 32.6 Å². The van der Waals surface area contributed by atoms with Gasteiger partial charge in [-0.2, -0.15) is 0 Å². The highest BCUT2D eigenvalue weighted by molar-refractivity contribution is 7.89. The number of hydrogen-bond donors (Lipinski definition) is 5. The van der Waals surface area contributed by atoms with Gasteiger partial charge in [0.1, 0.15) is 12.6 Å². The summed E-state index contributed by atoms with van der Waals surface area (Å²) in [5.74, 6) is -1.35. The predicted molar refractivity (Wildman–Crippen MR) is 166 cm³/mol. The lowest BCUT2D eigenvalue weighted by Gasteiger charge is -2.27. The first kappa shape index (κ1) is 34.2. The van der Waals surface area contributed by atoms with Crippen LogP contribution in [0, 0.1) is 5.92 Å². The van der Waals surface area contributed by atoms with Crippen molar-refractivity contribution in [3.63, 3.8) is 0 Å². The molecular formula is C32H40N4O7S. The van der Waals surface area contributed by atoms with Gasteiger partial charge < -0.3 is 25.8 Å². The Labute approximate surface area is 258 Å². The van der Waals surface area contributed by atoms with Gasteiger partial charge in [0.15, 0.2) is 6.10 Å². The van der Waals surface area contributed by atoms with E-state index in [2.05, 4.69) is 20.7 Å². The number of ether oxygens (including phenoxy) is 1. The molecule has 0 bridgehead atoms. The highest BCUT2D eigenvalue weighted by Gasteiger charge is 2.31. The van der Waals surface area contributed by atoms with Crippen molar-refractivity contribution in [2.45, 2.75) is 56.4 Å². The van der Waals surface area contributed by atoms with E-state index in [1.807, 2.05) is 50.2 Å². The second kappa shape index (κ2) is 17.1. The molecule has 3 rings (SSSR count). The largest absolute Gasteiger partial charge is 0.445 e. The van der Waals surface area contributed by atoms with Crippen LogP contribution in [0.5, 0.6) is 0 Å². The molecule has 12 heteroatoms. The van der Waals surface area contributed by atoms with Crippen LogP contribution >= 0.6 is 0 Å². The summed E-state index contributed by atoms with van der Waals surface area (Å²) in [6.45, 7) is 3.61. The number of carbonyl (C=O) groups excluding carboxylic acids is 3. The van der Waals surface area contributed by atoms with Crippen LogP contribution in [0.15, 0.2) is 95.9 Å². The quantitative estimate of drug-likeness (QED) is 0.153. The molecule has 3 atom stereocenters. The first-order valence-electron chi connectivity index (χ1n) is 14.4. The van der Waals surface area contributed by atoms with E-state index in [-0.39, 0.29) is 43.4 Å². The van der Waals surface area contributed by atoms with Crippen molar-refractivity contribution in [2.75, 3.05) is 13.1 Å². The van der Waals surface area contributed by atoms with Crippen LogP contribution in [0.2, 0.25) is 0 Å². The molecule has 44 heavy (non-hydrogen) atoms. The topological polar surface area (TPSA) is 163 Å². The van der Waals surface area contributed by atoms with Gasteiger partial charge in [-0.15, -0.1) is 0 Å².